The highest BCUT2D eigenvalue weighted by atomic mass is 32.2. The maximum atomic E-state index is 12.4. The highest BCUT2D eigenvalue weighted by molar-refractivity contribution is 7.92. The van der Waals surface area contributed by atoms with Crippen molar-refractivity contribution in [1.82, 2.24) is 9.78 Å². The minimum absolute atomic E-state index is 0.00681. The number of hydrogen-bond acceptors (Lipinski definition) is 7. The molecule has 0 radical (unpaired) electrons. The SMILES string of the molecule is CCn1cc(S(=O)(=O)Nc2cc(C(=O)OC)cc(C(=O)OC)c2)cn1. The number of carbonyl (C=O) groups is 2. The topological polar surface area (TPSA) is 117 Å². The summed E-state index contributed by atoms with van der Waals surface area (Å²) >= 11 is 0. The number of hydrogen-bond donors (Lipinski definition) is 1. The molecule has 0 aliphatic rings. The molecule has 0 aliphatic carbocycles. The van der Waals surface area contributed by atoms with Gasteiger partial charge in [0.25, 0.3) is 10.0 Å². The molecule has 2 rings (SSSR count). The number of sulfonamides is 1. The normalized spacial score (nSPS) is 11.0. The number of anilines is 1. The van der Waals surface area contributed by atoms with E-state index in [0.717, 1.165) is 0 Å². The summed E-state index contributed by atoms with van der Waals surface area (Å²) in [6.45, 7) is 2.33. The minimum Gasteiger partial charge on any atom is -0.465 e. The Hall–Kier alpha value is -2.88. The average molecular weight is 367 g/mol. The van der Waals surface area contributed by atoms with Crippen LogP contribution in [0.25, 0.3) is 0 Å². The van der Waals surface area contributed by atoms with Gasteiger partial charge in [-0.2, -0.15) is 5.10 Å². The summed E-state index contributed by atoms with van der Waals surface area (Å²) < 4.78 is 37.9. The maximum Gasteiger partial charge on any atom is 0.337 e. The van der Waals surface area contributed by atoms with Crippen molar-refractivity contribution >= 4 is 27.6 Å². The van der Waals surface area contributed by atoms with Crippen LogP contribution in [0.4, 0.5) is 5.69 Å². The van der Waals surface area contributed by atoms with Crippen molar-refractivity contribution in [2.45, 2.75) is 18.4 Å². The van der Waals surface area contributed by atoms with Gasteiger partial charge >= 0.3 is 11.9 Å². The standard InChI is InChI=1S/C15H17N3O6S/c1-4-18-9-13(8-16-18)25(21,22)17-12-6-10(14(19)23-2)5-11(7-12)15(20)24-3/h5-9,17H,4H2,1-3H3. The third-order valence-electron chi connectivity index (χ3n) is 3.27. The first-order valence-corrected chi connectivity index (χ1v) is 8.66. The Morgan fingerprint density at radius 3 is 2.12 bits per heavy atom. The lowest BCUT2D eigenvalue weighted by molar-refractivity contribution is 0.0599. The van der Waals surface area contributed by atoms with Gasteiger partial charge in [-0.25, -0.2) is 18.0 Å². The smallest absolute Gasteiger partial charge is 0.337 e. The molecule has 0 atom stereocenters. The van der Waals surface area contributed by atoms with Crippen molar-refractivity contribution in [1.29, 1.82) is 0 Å². The van der Waals surface area contributed by atoms with Crippen molar-refractivity contribution in [3.8, 4) is 0 Å². The molecule has 25 heavy (non-hydrogen) atoms. The number of esters is 2. The maximum absolute atomic E-state index is 12.4. The predicted molar refractivity (Wildman–Crippen MR) is 87.8 cm³/mol. The van der Waals surface area contributed by atoms with Gasteiger partial charge in [-0.1, -0.05) is 0 Å². The van der Waals surface area contributed by atoms with E-state index in [9.17, 15) is 18.0 Å². The number of aryl methyl sites for hydroxylation is 1. The predicted octanol–water partition coefficient (Wildman–Crippen LogP) is 1.28. The highest BCUT2D eigenvalue weighted by Crippen LogP contribution is 2.20. The van der Waals surface area contributed by atoms with Crippen LogP contribution in [0, 0.1) is 0 Å². The molecule has 1 N–H and O–H groups in total. The Morgan fingerprint density at radius 1 is 1.12 bits per heavy atom. The molecule has 1 heterocycles. The Kier molecular flexibility index (Phi) is 5.42. The van der Waals surface area contributed by atoms with E-state index in [-0.39, 0.29) is 21.7 Å². The molecule has 0 spiro atoms. The van der Waals surface area contributed by atoms with Gasteiger partial charge in [0.2, 0.25) is 0 Å². The minimum atomic E-state index is -3.94. The number of methoxy groups -OCH3 is 2. The van der Waals surface area contributed by atoms with Gasteiger partial charge in [0, 0.05) is 12.7 Å². The van der Waals surface area contributed by atoms with Crippen molar-refractivity contribution in [3.63, 3.8) is 0 Å². The summed E-state index contributed by atoms with van der Waals surface area (Å²) in [5, 5.41) is 3.91. The average Bonchev–Trinajstić information content (AvgIpc) is 3.09. The molecule has 0 saturated heterocycles. The Morgan fingerprint density at radius 2 is 1.68 bits per heavy atom. The largest absolute Gasteiger partial charge is 0.465 e. The zero-order valence-corrected chi connectivity index (χ0v) is 14.7. The molecule has 134 valence electrons. The van der Waals surface area contributed by atoms with E-state index in [4.69, 9.17) is 0 Å². The molecule has 2 aromatic rings. The van der Waals surface area contributed by atoms with Crippen molar-refractivity contribution in [3.05, 3.63) is 41.7 Å². The number of rotatable bonds is 6. The van der Waals surface area contributed by atoms with Crippen LogP contribution in [0.1, 0.15) is 27.6 Å². The Labute approximate surface area is 144 Å². The fourth-order valence-corrected chi connectivity index (χ4v) is 3.02. The third-order valence-corrected chi connectivity index (χ3v) is 4.61. The lowest BCUT2D eigenvalue weighted by Crippen LogP contribution is -2.14. The Bertz CT molecular complexity index is 869. The first-order valence-electron chi connectivity index (χ1n) is 7.17. The molecule has 0 amide bonds. The number of aromatic nitrogens is 2. The molecule has 0 unspecified atom stereocenters. The van der Waals surface area contributed by atoms with Gasteiger partial charge in [-0.15, -0.1) is 0 Å². The first kappa shape index (κ1) is 18.5. The van der Waals surface area contributed by atoms with Crippen molar-refractivity contribution < 1.29 is 27.5 Å². The third kappa shape index (κ3) is 4.15. The van der Waals surface area contributed by atoms with Gasteiger partial charge in [0.05, 0.1) is 37.2 Å². The molecule has 9 nitrogen and oxygen atoms in total. The summed E-state index contributed by atoms with van der Waals surface area (Å²) in [6, 6.07) is 3.78. The Balaban J connectivity index is 2.43. The van der Waals surface area contributed by atoms with Gasteiger partial charge in [-0.05, 0) is 25.1 Å². The molecular weight excluding hydrogens is 350 g/mol. The van der Waals surface area contributed by atoms with Crippen LogP contribution in [0.15, 0.2) is 35.5 Å². The zero-order valence-electron chi connectivity index (χ0n) is 13.8. The van der Waals surface area contributed by atoms with E-state index in [0.29, 0.717) is 6.54 Å². The van der Waals surface area contributed by atoms with E-state index >= 15 is 0 Å². The highest BCUT2D eigenvalue weighted by Gasteiger charge is 2.20. The molecule has 0 saturated carbocycles. The van der Waals surface area contributed by atoms with E-state index in [1.807, 2.05) is 6.92 Å². The van der Waals surface area contributed by atoms with Gasteiger partial charge in [0.15, 0.2) is 0 Å². The molecule has 0 fully saturated rings. The van der Waals surface area contributed by atoms with E-state index in [2.05, 4.69) is 19.3 Å². The molecule has 0 bridgehead atoms. The van der Waals surface area contributed by atoms with Crippen LogP contribution in [-0.4, -0.2) is 44.4 Å². The number of ether oxygens (including phenoxy) is 2. The summed E-state index contributed by atoms with van der Waals surface area (Å²) in [4.78, 5) is 23.4. The van der Waals surface area contributed by atoms with E-state index in [1.165, 1.54) is 49.5 Å². The number of nitrogens with one attached hydrogen (secondary N) is 1. The molecular formula is C15H17N3O6S. The summed E-state index contributed by atoms with van der Waals surface area (Å²) in [6.07, 6.45) is 2.57. The number of carbonyl (C=O) groups excluding carboxylic acids is 2. The second-order valence-electron chi connectivity index (χ2n) is 4.92. The monoisotopic (exact) mass is 367 g/mol. The van der Waals surface area contributed by atoms with Crippen LogP contribution in [-0.2, 0) is 26.0 Å². The lowest BCUT2D eigenvalue weighted by Gasteiger charge is -2.10. The van der Waals surface area contributed by atoms with Gasteiger partial charge in [-0.3, -0.25) is 9.40 Å². The first-order chi connectivity index (χ1) is 11.8. The number of benzene rings is 1. The second-order valence-corrected chi connectivity index (χ2v) is 6.60. The summed E-state index contributed by atoms with van der Waals surface area (Å²) in [5.41, 5.74) is 0.0345. The summed E-state index contributed by atoms with van der Waals surface area (Å²) in [5.74, 6) is -1.44. The van der Waals surface area contributed by atoms with Crippen LogP contribution in [0.2, 0.25) is 0 Å². The van der Waals surface area contributed by atoms with Crippen molar-refractivity contribution in [2.24, 2.45) is 0 Å². The molecule has 1 aromatic heterocycles. The van der Waals surface area contributed by atoms with Gasteiger partial charge in [0.1, 0.15) is 4.90 Å². The fraction of sp³-hybridized carbons (Fsp3) is 0.267. The molecule has 1 aromatic carbocycles. The number of nitrogens with zero attached hydrogens (tertiary/aromatic N) is 2. The van der Waals surface area contributed by atoms with Crippen LogP contribution < -0.4 is 4.72 Å². The quantitative estimate of drug-likeness (QED) is 0.764. The fourth-order valence-electron chi connectivity index (χ4n) is 2.03. The second kappa shape index (κ2) is 7.34. The van der Waals surface area contributed by atoms with E-state index in [1.54, 1.807) is 0 Å². The lowest BCUT2D eigenvalue weighted by atomic mass is 10.1. The van der Waals surface area contributed by atoms with Crippen LogP contribution in [0.5, 0.6) is 0 Å². The van der Waals surface area contributed by atoms with E-state index < -0.39 is 22.0 Å². The van der Waals surface area contributed by atoms with Crippen molar-refractivity contribution in [2.75, 3.05) is 18.9 Å². The van der Waals surface area contributed by atoms with Crippen LogP contribution >= 0.6 is 0 Å². The van der Waals surface area contributed by atoms with Gasteiger partial charge < -0.3 is 9.47 Å². The summed E-state index contributed by atoms with van der Waals surface area (Å²) in [7, 11) is -1.59. The molecule has 0 aliphatic heterocycles. The zero-order chi connectivity index (χ0) is 18.6. The molecule has 10 heteroatoms. The van der Waals surface area contributed by atoms with Crippen LogP contribution in [0.3, 0.4) is 0 Å².